The van der Waals surface area contributed by atoms with E-state index in [1.165, 1.54) is 6.42 Å². The molecule has 1 aliphatic carbocycles. The van der Waals surface area contributed by atoms with E-state index in [0.29, 0.717) is 38.5 Å². The first-order valence-electron chi connectivity index (χ1n) is 7.39. The van der Waals surface area contributed by atoms with Gasteiger partial charge in [0.05, 0.1) is 0 Å². The molecule has 2 aliphatic rings. The second kappa shape index (κ2) is 6.43. The van der Waals surface area contributed by atoms with Crippen molar-refractivity contribution >= 4 is 12.0 Å². The normalized spacial score (nSPS) is 28.9. The van der Waals surface area contributed by atoms with Crippen LogP contribution in [-0.4, -0.2) is 42.4 Å². The number of nitrogens with one attached hydrogen (secondary N) is 2. The highest BCUT2D eigenvalue weighted by atomic mass is 16.5. The van der Waals surface area contributed by atoms with E-state index in [1.54, 1.807) is 0 Å². The van der Waals surface area contributed by atoms with Gasteiger partial charge in [0.1, 0.15) is 5.54 Å². The molecule has 0 aromatic carbocycles. The number of carbonyl (C=O) groups is 2. The Morgan fingerprint density at radius 3 is 2.55 bits per heavy atom. The van der Waals surface area contributed by atoms with Gasteiger partial charge in [-0.2, -0.15) is 0 Å². The Balaban J connectivity index is 1.81. The van der Waals surface area contributed by atoms with Gasteiger partial charge in [-0.25, -0.2) is 9.59 Å². The van der Waals surface area contributed by atoms with Crippen molar-refractivity contribution in [3.05, 3.63) is 0 Å². The molecule has 2 fully saturated rings. The maximum atomic E-state index is 11.9. The van der Waals surface area contributed by atoms with Crippen LogP contribution in [-0.2, 0) is 9.53 Å². The molecule has 20 heavy (non-hydrogen) atoms. The minimum atomic E-state index is -1.18. The fraction of sp³-hybridized carbons (Fsp3) is 0.857. The molecule has 6 heteroatoms. The van der Waals surface area contributed by atoms with Gasteiger partial charge in [-0.15, -0.1) is 0 Å². The lowest BCUT2D eigenvalue weighted by molar-refractivity contribution is -0.148. The van der Waals surface area contributed by atoms with Crippen LogP contribution in [0.2, 0.25) is 0 Å². The van der Waals surface area contributed by atoms with Gasteiger partial charge in [-0.1, -0.05) is 13.3 Å². The van der Waals surface area contributed by atoms with Crippen molar-refractivity contribution in [3.8, 4) is 0 Å². The molecule has 2 atom stereocenters. The molecule has 0 radical (unpaired) electrons. The van der Waals surface area contributed by atoms with E-state index in [4.69, 9.17) is 4.74 Å². The van der Waals surface area contributed by atoms with Crippen molar-refractivity contribution in [2.75, 3.05) is 19.8 Å². The average Bonchev–Trinajstić information content (AvgIpc) is 2.83. The number of carboxylic acids is 1. The van der Waals surface area contributed by atoms with Crippen LogP contribution in [0.25, 0.3) is 0 Å². The zero-order valence-corrected chi connectivity index (χ0v) is 12.0. The molecule has 6 nitrogen and oxygen atoms in total. The van der Waals surface area contributed by atoms with Gasteiger partial charge in [0.25, 0.3) is 0 Å². The van der Waals surface area contributed by atoms with Crippen molar-refractivity contribution in [2.24, 2.45) is 11.8 Å². The monoisotopic (exact) mass is 284 g/mol. The number of rotatable bonds is 4. The predicted molar refractivity (Wildman–Crippen MR) is 73.5 cm³/mol. The SMILES string of the molecule is CC1CCC(CNC(=O)NC2(C(=O)O)CCOCC2)C1. The lowest BCUT2D eigenvalue weighted by Gasteiger charge is -2.33. The van der Waals surface area contributed by atoms with E-state index in [9.17, 15) is 14.7 Å². The number of urea groups is 1. The Kier molecular flexibility index (Phi) is 4.86. The van der Waals surface area contributed by atoms with Crippen molar-refractivity contribution in [2.45, 2.75) is 44.6 Å². The van der Waals surface area contributed by atoms with Gasteiger partial charge < -0.3 is 20.5 Å². The standard InChI is InChI=1S/C14H24N2O4/c1-10-2-3-11(8-10)9-15-13(19)16-14(12(17)18)4-6-20-7-5-14/h10-11H,2-9H2,1H3,(H,17,18)(H2,15,16,19). The smallest absolute Gasteiger partial charge is 0.329 e. The van der Waals surface area contributed by atoms with Gasteiger partial charge >= 0.3 is 12.0 Å². The topological polar surface area (TPSA) is 87.7 Å². The first-order valence-corrected chi connectivity index (χ1v) is 7.39. The summed E-state index contributed by atoms with van der Waals surface area (Å²) in [7, 11) is 0. The molecule has 1 saturated carbocycles. The molecular formula is C14H24N2O4. The van der Waals surface area contributed by atoms with Gasteiger partial charge in [0, 0.05) is 32.6 Å². The lowest BCUT2D eigenvalue weighted by atomic mass is 9.90. The third-order valence-corrected chi connectivity index (χ3v) is 4.46. The number of hydrogen-bond donors (Lipinski definition) is 3. The molecule has 2 amide bonds. The van der Waals surface area contributed by atoms with Crippen molar-refractivity contribution < 1.29 is 19.4 Å². The molecule has 0 spiro atoms. The van der Waals surface area contributed by atoms with Gasteiger partial charge in [0.15, 0.2) is 0 Å². The summed E-state index contributed by atoms with van der Waals surface area (Å²) in [5.74, 6) is 0.266. The number of carboxylic acid groups (broad SMARTS) is 1. The highest BCUT2D eigenvalue weighted by Gasteiger charge is 2.41. The van der Waals surface area contributed by atoms with E-state index in [1.807, 2.05) is 0 Å². The van der Waals surface area contributed by atoms with Crippen LogP contribution < -0.4 is 10.6 Å². The molecule has 2 unspecified atom stereocenters. The van der Waals surface area contributed by atoms with Crippen LogP contribution in [0.5, 0.6) is 0 Å². The Morgan fingerprint density at radius 1 is 1.30 bits per heavy atom. The number of amides is 2. The minimum absolute atomic E-state index is 0.316. The molecule has 1 saturated heterocycles. The summed E-state index contributed by atoms with van der Waals surface area (Å²) < 4.78 is 5.17. The van der Waals surface area contributed by atoms with Crippen LogP contribution in [0, 0.1) is 11.8 Å². The quantitative estimate of drug-likeness (QED) is 0.727. The van der Waals surface area contributed by atoms with Crippen molar-refractivity contribution in [3.63, 3.8) is 0 Å². The van der Waals surface area contributed by atoms with Crippen LogP contribution in [0.3, 0.4) is 0 Å². The average molecular weight is 284 g/mol. The highest BCUT2D eigenvalue weighted by Crippen LogP contribution is 2.29. The summed E-state index contributed by atoms with van der Waals surface area (Å²) in [6.45, 7) is 3.59. The van der Waals surface area contributed by atoms with Gasteiger partial charge in [-0.05, 0) is 24.7 Å². The van der Waals surface area contributed by atoms with E-state index in [2.05, 4.69) is 17.6 Å². The van der Waals surface area contributed by atoms with Crippen LogP contribution in [0.15, 0.2) is 0 Å². The summed E-state index contributed by atoms with van der Waals surface area (Å²) in [6.07, 6.45) is 4.12. The highest BCUT2D eigenvalue weighted by molar-refractivity contribution is 5.86. The molecule has 3 N–H and O–H groups in total. The summed E-state index contributed by atoms with van der Waals surface area (Å²) in [5.41, 5.74) is -1.18. The zero-order valence-electron chi connectivity index (χ0n) is 12.0. The Morgan fingerprint density at radius 2 is 2.00 bits per heavy atom. The Bertz CT molecular complexity index is 366. The summed E-state index contributed by atoms with van der Waals surface area (Å²) in [6, 6.07) is -0.381. The molecule has 0 bridgehead atoms. The van der Waals surface area contributed by atoms with Crippen LogP contribution >= 0.6 is 0 Å². The fourth-order valence-corrected chi connectivity index (χ4v) is 3.12. The van der Waals surface area contributed by atoms with Crippen molar-refractivity contribution in [1.82, 2.24) is 10.6 Å². The van der Waals surface area contributed by atoms with E-state index >= 15 is 0 Å². The molecule has 2 rings (SSSR count). The van der Waals surface area contributed by atoms with Gasteiger partial charge in [0.2, 0.25) is 0 Å². The number of aliphatic carboxylic acids is 1. The molecule has 0 aromatic rings. The lowest BCUT2D eigenvalue weighted by Crippen LogP contribution is -2.59. The van der Waals surface area contributed by atoms with Crippen LogP contribution in [0.4, 0.5) is 4.79 Å². The second-order valence-corrected chi connectivity index (χ2v) is 6.12. The Hall–Kier alpha value is -1.30. The van der Waals surface area contributed by atoms with E-state index in [0.717, 1.165) is 18.8 Å². The summed E-state index contributed by atoms with van der Waals surface area (Å²) >= 11 is 0. The zero-order chi connectivity index (χ0) is 14.6. The predicted octanol–water partition coefficient (Wildman–Crippen LogP) is 1.36. The Labute approximate surface area is 119 Å². The van der Waals surface area contributed by atoms with Gasteiger partial charge in [-0.3, -0.25) is 0 Å². The minimum Gasteiger partial charge on any atom is -0.480 e. The maximum absolute atomic E-state index is 11.9. The second-order valence-electron chi connectivity index (χ2n) is 6.12. The van der Waals surface area contributed by atoms with Crippen molar-refractivity contribution in [1.29, 1.82) is 0 Å². The molecule has 0 aromatic heterocycles. The number of carbonyl (C=O) groups excluding carboxylic acids is 1. The molecule has 1 aliphatic heterocycles. The maximum Gasteiger partial charge on any atom is 0.329 e. The third-order valence-electron chi connectivity index (χ3n) is 4.46. The largest absolute Gasteiger partial charge is 0.480 e. The van der Waals surface area contributed by atoms with E-state index in [-0.39, 0.29) is 6.03 Å². The third kappa shape index (κ3) is 3.62. The molecule has 1 heterocycles. The molecule has 114 valence electrons. The fourth-order valence-electron chi connectivity index (χ4n) is 3.12. The first kappa shape index (κ1) is 15.1. The van der Waals surface area contributed by atoms with Crippen LogP contribution in [0.1, 0.15) is 39.0 Å². The summed E-state index contributed by atoms with van der Waals surface area (Å²) in [4.78, 5) is 23.4. The molecular weight excluding hydrogens is 260 g/mol. The number of hydrogen-bond acceptors (Lipinski definition) is 3. The first-order chi connectivity index (χ1) is 9.52. The summed E-state index contributed by atoms with van der Waals surface area (Å²) in [5, 5.41) is 14.8. The van der Waals surface area contributed by atoms with E-state index < -0.39 is 11.5 Å². The number of ether oxygens (including phenoxy) is 1.